The molecule has 2 aromatic rings. The van der Waals surface area contributed by atoms with E-state index in [4.69, 9.17) is 11.6 Å². The summed E-state index contributed by atoms with van der Waals surface area (Å²) in [7, 11) is -0.730. The van der Waals surface area contributed by atoms with E-state index >= 15 is 0 Å². The van der Waals surface area contributed by atoms with Crippen molar-refractivity contribution < 1.29 is 18.0 Å². The SMILES string of the molecule is CN(C)S(=O)(=O)c1cccc(CN2C(=O)NC(C)(c3ccc(Cl)cc3)C2=O)c1. The van der Waals surface area contributed by atoms with Gasteiger partial charge in [-0.05, 0) is 42.3 Å². The lowest BCUT2D eigenvalue weighted by atomic mass is 9.92. The molecule has 0 aromatic heterocycles. The molecule has 0 spiro atoms. The molecule has 1 fully saturated rings. The Bertz CT molecular complexity index is 1040. The molecule has 9 heteroatoms. The first-order valence-electron chi connectivity index (χ1n) is 8.47. The molecule has 2 aromatic carbocycles. The van der Waals surface area contributed by atoms with Crippen molar-refractivity contribution in [2.45, 2.75) is 23.9 Å². The molecule has 3 amide bonds. The highest BCUT2D eigenvalue weighted by Gasteiger charge is 2.48. The summed E-state index contributed by atoms with van der Waals surface area (Å²) >= 11 is 5.90. The third-order valence-electron chi connectivity index (χ3n) is 4.71. The highest BCUT2D eigenvalue weighted by atomic mass is 35.5. The lowest BCUT2D eigenvalue weighted by Gasteiger charge is -2.22. The molecular formula is C19H20ClN3O4S. The van der Waals surface area contributed by atoms with Gasteiger partial charge in [0.1, 0.15) is 5.54 Å². The summed E-state index contributed by atoms with van der Waals surface area (Å²) in [6.07, 6.45) is 0. The van der Waals surface area contributed by atoms with Crippen molar-refractivity contribution >= 4 is 33.6 Å². The molecule has 0 bridgehead atoms. The molecule has 1 aliphatic rings. The first kappa shape index (κ1) is 20.3. The minimum atomic E-state index is -3.61. The standard InChI is InChI=1S/C19H20ClN3O4S/c1-19(14-7-9-15(20)10-8-14)17(24)23(18(25)21-19)12-13-5-4-6-16(11-13)28(26,27)22(2)3/h4-11H,12H2,1-3H3,(H,21,25). The Morgan fingerprint density at radius 3 is 2.36 bits per heavy atom. The number of nitrogens with one attached hydrogen (secondary N) is 1. The fourth-order valence-corrected chi connectivity index (χ4v) is 4.12. The van der Waals surface area contributed by atoms with E-state index in [-0.39, 0.29) is 11.4 Å². The Hall–Kier alpha value is -2.42. The summed E-state index contributed by atoms with van der Waals surface area (Å²) < 4.78 is 25.8. The van der Waals surface area contributed by atoms with Crippen LogP contribution >= 0.6 is 11.6 Å². The van der Waals surface area contributed by atoms with E-state index < -0.39 is 27.5 Å². The van der Waals surface area contributed by atoms with Crippen LogP contribution in [0.3, 0.4) is 0 Å². The van der Waals surface area contributed by atoms with Gasteiger partial charge in [-0.3, -0.25) is 9.69 Å². The molecule has 28 heavy (non-hydrogen) atoms. The predicted octanol–water partition coefficient (Wildman–Crippen LogP) is 2.56. The van der Waals surface area contributed by atoms with Crippen LogP contribution in [0.15, 0.2) is 53.4 Å². The van der Waals surface area contributed by atoms with Crippen molar-refractivity contribution in [2.24, 2.45) is 0 Å². The summed E-state index contributed by atoms with van der Waals surface area (Å²) in [6.45, 7) is 1.59. The van der Waals surface area contributed by atoms with Crippen molar-refractivity contribution in [1.82, 2.24) is 14.5 Å². The van der Waals surface area contributed by atoms with Crippen molar-refractivity contribution in [1.29, 1.82) is 0 Å². The van der Waals surface area contributed by atoms with Crippen molar-refractivity contribution in [3.05, 3.63) is 64.7 Å². The zero-order chi connectivity index (χ0) is 20.7. The second-order valence-electron chi connectivity index (χ2n) is 6.89. The molecule has 0 aliphatic carbocycles. The van der Waals surface area contributed by atoms with Gasteiger partial charge in [-0.25, -0.2) is 17.5 Å². The number of benzene rings is 2. The van der Waals surface area contributed by atoms with E-state index in [0.717, 1.165) is 9.21 Å². The zero-order valence-corrected chi connectivity index (χ0v) is 17.2. The Labute approximate surface area is 168 Å². The number of urea groups is 1. The molecule has 1 N–H and O–H groups in total. The smallest absolute Gasteiger partial charge is 0.319 e. The maximum absolute atomic E-state index is 13.0. The van der Waals surface area contributed by atoms with E-state index in [1.165, 1.54) is 26.2 Å². The molecule has 0 radical (unpaired) electrons. The summed E-state index contributed by atoms with van der Waals surface area (Å²) in [5.74, 6) is -0.416. The molecule has 1 unspecified atom stereocenters. The molecule has 1 atom stereocenters. The maximum Gasteiger partial charge on any atom is 0.325 e. The van der Waals surface area contributed by atoms with Crippen LogP contribution in [0, 0.1) is 0 Å². The third kappa shape index (κ3) is 3.50. The minimum Gasteiger partial charge on any atom is -0.319 e. The fraction of sp³-hybridized carbons (Fsp3) is 0.263. The lowest BCUT2D eigenvalue weighted by Crippen LogP contribution is -2.40. The van der Waals surface area contributed by atoms with Crippen LogP contribution in [-0.4, -0.2) is 43.7 Å². The van der Waals surface area contributed by atoms with Crippen LogP contribution in [0.25, 0.3) is 0 Å². The average molecular weight is 422 g/mol. The maximum atomic E-state index is 13.0. The largest absolute Gasteiger partial charge is 0.325 e. The van der Waals surface area contributed by atoms with Gasteiger partial charge in [-0.1, -0.05) is 35.9 Å². The van der Waals surface area contributed by atoms with Crippen LogP contribution in [-0.2, 0) is 26.9 Å². The molecule has 3 rings (SSSR count). The van der Waals surface area contributed by atoms with E-state index in [1.807, 2.05) is 0 Å². The fourth-order valence-electron chi connectivity index (χ4n) is 3.02. The number of amides is 3. The zero-order valence-electron chi connectivity index (χ0n) is 15.6. The summed E-state index contributed by atoms with van der Waals surface area (Å²) in [4.78, 5) is 26.7. The van der Waals surface area contributed by atoms with Crippen LogP contribution in [0.2, 0.25) is 5.02 Å². The van der Waals surface area contributed by atoms with Gasteiger partial charge in [0, 0.05) is 19.1 Å². The summed E-state index contributed by atoms with van der Waals surface area (Å²) in [5.41, 5.74) is -0.0666. The summed E-state index contributed by atoms with van der Waals surface area (Å²) in [5, 5.41) is 3.24. The number of carbonyl (C=O) groups is 2. The van der Waals surface area contributed by atoms with Crippen LogP contribution in [0.1, 0.15) is 18.1 Å². The molecule has 1 saturated heterocycles. The van der Waals surface area contributed by atoms with Crippen molar-refractivity contribution in [2.75, 3.05) is 14.1 Å². The monoisotopic (exact) mass is 421 g/mol. The average Bonchev–Trinajstić information content (AvgIpc) is 2.86. The van der Waals surface area contributed by atoms with Gasteiger partial charge < -0.3 is 5.32 Å². The van der Waals surface area contributed by atoms with Gasteiger partial charge in [-0.2, -0.15) is 0 Å². The number of hydrogen-bond acceptors (Lipinski definition) is 4. The van der Waals surface area contributed by atoms with Crippen LogP contribution in [0.5, 0.6) is 0 Å². The predicted molar refractivity (Wildman–Crippen MR) is 105 cm³/mol. The molecular weight excluding hydrogens is 402 g/mol. The quantitative estimate of drug-likeness (QED) is 0.751. The van der Waals surface area contributed by atoms with Crippen molar-refractivity contribution in [3.63, 3.8) is 0 Å². The van der Waals surface area contributed by atoms with E-state index in [1.54, 1.807) is 43.3 Å². The molecule has 1 aliphatic heterocycles. The number of carbonyl (C=O) groups excluding carboxylic acids is 2. The number of sulfonamides is 1. The Kier molecular flexibility index (Phi) is 5.22. The third-order valence-corrected chi connectivity index (χ3v) is 6.78. The second-order valence-corrected chi connectivity index (χ2v) is 9.48. The molecule has 1 heterocycles. The first-order chi connectivity index (χ1) is 13.1. The number of hydrogen-bond donors (Lipinski definition) is 1. The number of nitrogens with zero attached hydrogens (tertiary/aromatic N) is 2. The highest BCUT2D eigenvalue weighted by molar-refractivity contribution is 7.89. The highest BCUT2D eigenvalue weighted by Crippen LogP contribution is 2.30. The number of halogens is 1. The van der Waals surface area contributed by atoms with Gasteiger partial charge in [0.2, 0.25) is 10.0 Å². The Morgan fingerprint density at radius 1 is 1.11 bits per heavy atom. The van der Waals surface area contributed by atoms with Gasteiger partial charge in [-0.15, -0.1) is 0 Å². The van der Waals surface area contributed by atoms with E-state index in [0.29, 0.717) is 16.1 Å². The van der Waals surface area contributed by atoms with Crippen molar-refractivity contribution in [3.8, 4) is 0 Å². The van der Waals surface area contributed by atoms with E-state index in [9.17, 15) is 18.0 Å². The van der Waals surface area contributed by atoms with Crippen LogP contribution < -0.4 is 5.32 Å². The van der Waals surface area contributed by atoms with Gasteiger partial charge in [0.05, 0.1) is 11.4 Å². The molecule has 148 valence electrons. The van der Waals surface area contributed by atoms with E-state index in [2.05, 4.69) is 5.32 Å². The minimum absolute atomic E-state index is 0.0371. The number of imide groups is 1. The lowest BCUT2D eigenvalue weighted by molar-refractivity contribution is -0.131. The first-order valence-corrected chi connectivity index (χ1v) is 10.3. The summed E-state index contributed by atoms with van der Waals surface area (Å²) in [6, 6.07) is 12.3. The van der Waals surface area contributed by atoms with Gasteiger partial charge >= 0.3 is 6.03 Å². The second kappa shape index (κ2) is 7.20. The van der Waals surface area contributed by atoms with Gasteiger partial charge in [0.15, 0.2) is 0 Å². The Balaban J connectivity index is 1.89. The molecule has 0 saturated carbocycles. The normalized spacial score (nSPS) is 20.0. The number of rotatable bonds is 5. The van der Waals surface area contributed by atoms with Gasteiger partial charge in [0.25, 0.3) is 5.91 Å². The van der Waals surface area contributed by atoms with Crippen LogP contribution in [0.4, 0.5) is 4.79 Å². The molecule has 7 nitrogen and oxygen atoms in total. The topological polar surface area (TPSA) is 86.8 Å². The Morgan fingerprint density at radius 2 is 1.75 bits per heavy atom.